The van der Waals surface area contributed by atoms with Crippen molar-refractivity contribution < 1.29 is 22.6 Å². The molecule has 0 atom stereocenters. The van der Waals surface area contributed by atoms with Crippen LogP contribution in [0.15, 0.2) is 35.3 Å². The zero-order valence-corrected chi connectivity index (χ0v) is 19.6. The van der Waals surface area contributed by atoms with Gasteiger partial charge < -0.3 is 14.0 Å². The summed E-state index contributed by atoms with van der Waals surface area (Å²) in [4.78, 5) is 14.8. The van der Waals surface area contributed by atoms with Crippen LogP contribution in [0.4, 0.5) is 13.2 Å². The number of hydrogen-bond acceptors (Lipinski definition) is 4. The standard InChI is InChI=1S/C23H24F3IN2O3/c24-23(25,26)14-29-12-19(27)18(11-21(29)30)15-4-5-20-16(10-15)13-31-22(32-20)6-8-28(9-7-22)17-2-1-3-17/h4-5,10-12,17H,1-3,6-9,13-14H2. The first-order chi connectivity index (χ1) is 15.2. The minimum Gasteiger partial charge on any atom is -0.462 e. The molecular weight excluding hydrogens is 536 g/mol. The average Bonchev–Trinajstić information content (AvgIpc) is 2.70. The Labute approximate surface area is 197 Å². The second-order valence-electron chi connectivity index (χ2n) is 8.86. The van der Waals surface area contributed by atoms with Gasteiger partial charge in [-0.1, -0.05) is 12.5 Å². The zero-order valence-electron chi connectivity index (χ0n) is 17.5. The molecule has 32 heavy (non-hydrogen) atoms. The highest BCUT2D eigenvalue weighted by atomic mass is 127. The van der Waals surface area contributed by atoms with Crippen molar-refractivity contribution in [1.29, 1.82) is 0 Å². The Kier molecular flexibility index (Phi) is 5.78. The number of ether oxygens (including phenoxy) is 2. The Hall–Kier alpha value is -1.59. The van der Waals surface area contributed by atoms with Gasteiger partial charge in [-0.25, -0.2) is 0 Å². The molecule has 0 radical (unpaired) electrons. The smallest absolute Gasteiger partial charge is 0.406 e. The third-order valence-corrected chi connectivity index (χ3v) is 7.60. The van der Waals surface area contributed by atoms with Crippen LogP contribution >= 0.6 is 22.6 Å². The molecule has 3 heterocycles. The first-order valence-corrected chi connectivity index (χ1v) is 12.0. The molecule has 1 saturated carbocycles. The van der Waals surface area contributed by atoms with Crippen molar-refractivity contribution in [3.05, 3.63) is 49.9 Å². The van der Waals surface area contributed by atoms with E-state index in [-0.39, 0.29) is 0 Å². The van der Waals surface area contributed by atoms with Crippen LogP contribution < -0.4 is 10.3 Å². The quantitative estimate of drug-likeness (QED) is 0.500. The van der Waals surface area contributed by atoms with Gasteiger partial charge in [-0.2, -0.15) is 13.2 Å². The third kappa shape index (κ3) is 4.43. The Morgan fingerprint density at radius 2 is 1.91 bits per heavy atom. The summed E-state index contributed by atoms with van der Waals surface area (Å²) < 4.78 is 51.9. The van der Waals surface area contributed by atoms with Gasteiger partial charge in [0.05, 0.1) is 6.61 Å². The summed E-state index contributed by atoms with van der Waals surface area (Å²) in [6.07, 6.45) is 2.38. The topological polar surface area (TPSA) is 43.7 Å². The van der Waals surface area contributed by atoms with Gasteiger partial charge in [-0.3, -0.25) is 9.69 Å². The summed E-state index contributed by atoms with van der Waals surface area (Å²) in [5.74, 6) is 0.193. The molecule has 9 heteroatoms. The number of benzene rings is 1. The zero-order chi connectivity index (χ0) is 22.5. The van der Waals surface area contributed by atoms with Gasteiger partial charge in [0, 0.05) is 58.9 Å². The maximum absolute atomic E-state index is 12.7. The van der Waals surface area contributed by atoms with Crippen LogP contribution in [0.1, 0.15) is 37.7 Å². The number of likely N-dealkylation sites (tertiary alicyclic amines) is 1. The largest absolute Gasteiger partial charge is 0.462 e. The number of aromatic nitrogens is 1. The number of pyridine rings is 1. The maximum Gasteiger partial charge on any atom is 0.406 e. The second-order valence-corrected chi connectivity index (χ2v) is 10.0. The molecule has 0 amide bonds. The molecule has 172 valence electrons. The number of halogens is 4. The van der Waals surface area contributed by atoms with E-state index in [9.17, 15) is 18.0 Å². The van der Waals surface area contributed by atoms with Gasteiger partial charge >= 0.3 is 6.18 Å². The normalized spacial score (nSPS) is 21.1. The number of piperidine rings is 1. The molecule has 2 aliphatic heterocycles. The Morgan fingerprint density at radius 1 is 1.16 bits per heavy atom. The molecular formula is C23H24F3IN2O3. The molecule has 5 rings (SSSR count). The monoisotopic (exact) mass is 560 g/mol. The lowest BCUT2D eigenvalue weighted by Crippen LogP contribution is -2.54. The second kappa shape index (κ2) is 8.32. The molecule has 1 spiro atoms. The first kappa shape index (κ1) is 22.2. The summed E-state index contributed by atoms with van der Waals surface area (Å²) in [5, 5.41) is 0. The van der Waals surface area contributed by atoms with E-state index < -0.39 is 24.1 Å². The maximum atomic E-state index is 12.7. The van der Waals surface area contributed by atoms with E-state index in [1.54, 1.807) is 0 Å². The molecule has 0 bridgehead atoms. The van der Waals surface area contributed by atoms with Crippen molar-refractivity contribution in [2.75, 3.05) is 13.1 Å². The van der Waals surface area contributed by atoms with Crippen LogP contribution in [0.3, 0.4) is 0 Å². The van der Waals surface area contributed by atoms with E-state index in [2.05, 4.69) is 4.90 Å². The van der Waals surface area contributed by atoms with Crippen molar-refractivity contribution in [3.63, 3.8) is 0 Å². The van der Waals surface area contributed by atoms with Crippen molar-refractivity contribution >= 4 is 22.6 Å². The molecule has 2 aromatic rings. The Balaban J connectivity index is 1.33. The summed E-state index contributed by atoms with van der Waals surface area (Å²) in [6.45, 7) is 1.07. The SMILES string of the molecule is O=c1cc(-c2ccc3c(c2)COC2(CCN(C4CCC4)CC2)O3)c(I)cn1CC(F)(F)F. The van der Waals surface area contributed by atoms with E-state index in [1.165, 1.54) is 31.5 Å². The number of hydrogen-bond donors (Lipinski definition) is 0. The van der Waals surface area contributed by atoms with E-state index >= 15 is 0 Å². The van der Waals surface area contributed by atoms with E-state index in [4.69, 9.17) is 9.47 Å². The van der Waals surface area contributed by atoms with Crippen LogP contribution in [0.25, 0.3) is 11.1 Å². The molecule has 1 aromatic carbocycles. The van der Waals surface area contributed by atoms with Gasteiger partial charge in [0.15, 0.2) is 0 Å². The fourth-order valence-corrected chi connectivity index (χ4v) is 5.51. The van der Waals surface area contributed by atoms with Gasteiger partial charge in [-0.15, -0.1) is 0 Å². The van der Waals surface area contributed by atoms with Crippen LogP contribution in [0.2, 0.25) is 0 Å². The molecule has 5 nitrogen and oxygen atoms in total. The Bertz CT molecular complexity index is 1070. The highest BCUT2D eigenvalue weighted by Gasteiger charge is 2.42. The lowest BCUT2D eigenvalue weighted by molar-refractivity contribution is -0.231. The first-order valence-electron chi connectivity index (χ1n) is 10.9. The number of alkyl halides is 3. The Morgan fingerprint density at radius 3 is 2.56 bits per heavy atom. The minimum absolute atomic E-state index is 0.411. The van der Waals surface area contributed by atoms with Gasteiger partial charge in [-0.05, 0) is 53.1 Å². The number of rotatable bonds is 3. The lowest BCUT2D eigenvalue weighted by Gasteiger charge is -2.47. The van der Waals surface area contributed by atoms with Crippen molar-refractivity contribution in [1.82, 2.24) is 9.47 Å². The summed E-state index contributed by atoms with van der Waals surface area (Å²) >= 11 is 1.96. The average molecular weight is 560 g/mol. The van der Waals surface area contributed by atoms with E-state index in [0.717, 1.165) is 48.8 Å². The lowest BCUT2D eigenvalue weighted by atomic mass is 9.89. The fraction of sp³-hybridized carbons (Fsp3) is 0.522. The van der Waals surface area contributed by atoms with Crippen LogP contribution in [-0.2, 0) is 17.9 Å². The summed E-state index contributed by atoms with van der Waals surface area (Å²) in [5.41, 5.74) is 1.56. The minimum atomic E-state index is -4.45. The van der Waals surface area contributed by atoms with E-state index in [0.29, 0.717) is 20.3 Å². The molecule has 1 aliphatic carbocycles. The predicted octanol–water partition coefficient (Wildman–Crippen LogP) is 4.94. The van der Waals surface area contributed by atoms with E-state index in [1.807, 2.05) is 40.8 Å². The molecule has 0 unspecified atom stereocenters. The molecule has 2 fully saturated rings. The predicted molar refractivity (Wildman–Crippen MR) is 122 cm³/mol. The fourth-order valence-electron chi connectivity index (χ4n) is 4.71. The highest BCUT2D eigenvalue weighted by Crippen LogP contribution is 2.40. The third-order valence-electron chi connectivity index (χ3n) is 6.74. The molecule has 1 saturated heterocycles. The summed E-state index contributed by atoms with van der Waals surface area (Å²) in [6, 6.07) is 7.62. The van der Waals surface area contributed by atoms with Crippen molar-refractivity contribution in [2.24, 2.45) is 0 Å². The summed E-state index contributed by atoms with van der Waals surface area (Å²) in [7, 11) is 0. The van der Waals surface area contributed by atoms with Crippen LogP contribution in [0, 0.1) is 3.57 Å². The number of nitrogens with zero attached hydrogens (tertiary/aromatic N) is 2. The van der Waals surface area contributed by atoms with Gasteiger partial charge in [0.2, 0.25) is 5.79 Å². The molecule has 1 aromatic heterocycles. The molecule has 3 aliphatic rings. The number of fused-ring (bicyclic) bond motifs is 1. The van der Waals surface area contributed by atoms with Gasteiger partial charge in [0.25, 0.3) is 5.56 Å². The van der Waals surface area contributed by atoms with Crippen molar-refractivity contribution in [3.8, 4) is 16.9 Å². The van der Waals surface area contributed by atoms with Crippen molar-refractivity contribution in [2.45, 2.75) is 63.3 Å². The molecule has 0 N–H and O–H groups in total. The van der Waals surface area contributed by atoms with Crippen LogP contribution in [0.5, 0.6) is 5.75 Å². The van der Waals surface area contributed by atoms with Crippen LogP contribution in [-0.4, -0.2) is 40.6 Å². The highest BCUT2D eigenvalue weighted by molar-refractivity contribution is 14.1. The van der Waals surface area contributed by atoms with Gasteiger partial charge in [0.1, 0.15) is 12.3 Å².